The molecule has 0 rings (SSSR count). The Balaban J connectivity index is 4.01. The summed E-state index contributed by atoms with van der Waals surface area (Å²) in [6.07, 6.45) is 0.848. The number of thiocarbonyl (C=S) groups is 1. The molecule has 4 heteroatoms. The topological polar surface area (TPSA) is 46.3 Å². The first-order chi connectivity index (χ1) is 5.49. The van der Waals surface area contributed by atoms with Crippen molar-refractivity contribution in [2.24, 2.45) is 11.7 Å². The minimum absolute atomic E-state index is 0.0596. The van der Waals surface area contributed by atoms with Crippen LogP contribution in [0.5, 0.6) is 0 Å². The van der Waals surface area contributed by atoms with Crippen molar-refractivity contribution in [3.8, 4) is 0 Å². The van der Waals surface area contributed by atoms with Gasteiger partial charge in [0.15, 0.2) is 0 Å². The molecule has 1 atom stereocenters. The highest BCUT2D eigenvalue weighted by Gasteiger charge is 2.15. The number of carbonyl (C=O) groups is 1. The number of rotatable bonds is 4. The average molecular weight is 188 g/mol. The highest BCUT2D eigenvalue weighted by Crippen LogP contribution is 2.04. The molecular weight excluding hydrogens is 172 g/mol. The Morgan fingerprint density at radius 3 is 2.50 bits per heavy atom. The maximum atomic E-state index is 11.4. The van der Waals surface area contributed by atoms with Gasteiger partial charge in [0.25, 0.3) is 0 Å². The van der Waals surface area contributed by atoms with Gasteiger partial charge in [-0.2, -0.15) is 0 Å². The second-order valence-electron chi connectivity index (χ2n) is 2.97. The van der Waals surface area contributed by atoms with Gasteiger partial charge in [-0.15, -0.1) is 0 Å². The predicted octanol–water partition coefficient (Wildman–Crippen LogP) is 0.777. The van der Waals surface area contributed by atoms with Crippen LogP contribution in [0.4, 0.5) is 0 Å². The molecule has 0 aliphatic carbocycles. The van der Waals surface area contributed by atoms with E-state index in [9.17, 15) is 4.79 Å². The van der Waals surface area contributed by atoms with Crippen molar-refractivity contribution < 1.29 is 4.79 Å². The van der Waals surface area contributed by atoms with Crippen LogP contribution in [0, 0.1) is 5.92 Å². The Kier molecular flexibility index (Phi) is 4.81. The highest BCUT2D eigenvalue weighted by atomic mass is 32.1. The van der Waals surface area contributed by atoms with Crippen molar-refractivity contribution in [1.29, 1.82) is 0 Å². The van der Waals surface area contributed by atoms with Gasteiger partial charge in [0.2, 0.25) is 5.91 Å². The van der Waals surface area contributed by atoms with Crippen LogP contribution in [0.25, 0.3) is 0 Å². The molecule has 3 nitrogen and oxygen atoms in total. The van der Waals surface area contributed by atoms with Gasteiger partial charge in [-0.3, -0.25) is 4.79 Å². The molecule has 0 fully saturated rings. The van der Waals surface area contributed by atoms with Crippen LogP contribution >= 0.6 is 12.2 Å². The minimum Gasteiger partial charge on any atom is -0.392 e. The van der Waals surface area contributed by atoms with E-state index in [1.165, 1.54) is 0 Å². The normalized spacial score (nSPS) is 12.2. The molecule has 0 bridgehead atoms. The van der Waals surface area contributed by atoms with Gasteiger partial charge in [0.05, 0.1) is 11.5 Å². The van der Waals surface area contributed by atoms with Crippen molar-refractivity contribution in [3.63, 3.8) is 0 Å². The summed E-state index contributed by atoms with van der Waals surface area (Å²) in [7, 11) is 1.72. The number of amides is 1. The third-order valence-corrected chi connectivity index (χ3v) is 1.93. The SMILES string of the molecule is CCC(C)C(=O)N(C)CC(N)=S. The first-order valence-electron chi connectivity index (χ1n) is 4.02. The molecule has 0 spiro atoms. The van der Waals surface area contributed by atoms with Crippen LogP contribution in [0.3, 0.4) is 0 Å². The summed E-state index contributed by atoms with van der Waals surface area (Å²) in [4.78, 5) is 13.3. The lowest BCUT2D eigenvalue weighted by Gasteiger charge is -2.19. The van der Waals surface area contributed by atoms with Gasteiger partial charge in [-0.05, 0) is 6.42 Å². The van der Waals surface area contributed by atoms with Crippen molar-refractivity contribution in [2.45, 2.75) is 20.3 Å². The zero-order chi connectivity index (χ0) is 9.72. The van der Waals surface area contributed by atoms with E-state index in [2.05, 4.69) is 0 Å². The van der Waals surface area contributed by atoms with Gasteiger partial charge < -0.3 is 10.6 Å². The summed E-state index contributed by atoms with van der Waals surface area (Å²) < 4.78 is 0. The van der Waals surface area contributed by atoms with E-state index < -0.39 is 0 Å². The number of hydrogen-bond acceptors (Lipinski definition) is 2. The van der Waals surface area contributed by atoms with Crippen molar-refractivity contribution in [2.75, 3.05) is 13.6 Å². The Morgan fingerprint density at radius 2 is 2.17 bits per heavy atom. The number of nitrogens with zero attached hydrogens (tertiary/aromatic N) is 1. The average Bonchev–Trinajstić information content (AvgIpc) is 2.00. The molecule has 0 aromatic rings. The molecule has 0 saturated heterocycles. The van der Waals surface area contributed by atoms with E-state index in [1.54, 1.807) is 11.9 Å². The maximum Gasteiger partial charge on any atom is 0.225 e. The van der Waals surface area contributed by atoms with Crippen molar-refractivity contribution in [3.05, 3.63) is 0 Å². The summed E-state index contributed by atoms with van der Waals surface area (Å²) in [6.45, 7) is 4.26. The smallest absolute Gasteiger partial charge is 0.225 e. The lowest BCUT2D eigenvalue weighted by molar-refractivity contribution is -0.133. The van der Waals surface area contributed by atoms with Crippen molar-refractivity contribution in [1.82, 2.24) is 4.90 Å². The fraction of sp³-hybridized carbons (Fsp3) is 0.750. The van der Waals surface area contributed by atoms with Crippen LogP contribution in [0.15, 0.2) is 0 Å². The van der Waals surface area contributed by atoms with E-state index in [1.807, 2.05) is 13.8 Å². The molecule has 12 heavy (non-hydrogen) atoms. The molecule has 2 N–H and O–H groups in total. The summed E-state index contributed by atoms with van der Waals surface area (Å²) in [6, 6.07) is 0. The zero-order valence-corrected chi connectivity index (χ0v) is 8.65. The third-order valence-electron chi connectivity index (χ3n) is 1.80. The second kappa shape index (κ2) is 5.09. The Hall–Kier alpha value is -0.640. The third kappa shape index (κ3) is 3.67. The van der Waals surface area contributed by atoms with E-state index in [0.717, 1.165) is 6.42 Å². The fourth-order valence-corrected chi connectivity index (χ4v) is 1.06. The molecule has 0 aromatic heterocycles. The van der Waals surface area contributed by atoms with Crippen LogP contribution in [0.1, 0.15) is 20.3 Å². The summed E-state index contributed by atoms with van der Waals surface area (Å²) >= 11 is 4.70. The lowest BCUT2D eigenvalue weighted by Crippen LogP contribution is -2.37. The molecule has 0 aromatic carbocycles. The predicted molar refractivity (Wildman–Crippen MR) is 53.9 cm³/mol. The number of nitrogens with two attached hydrogens (primary N) is 1. The highest BCUT2D eigenvalue weighted by molar-refractivity contribution is 7.80. The van der Waals surface area contributed by atoms with Gasteiger partial charge in [-0.1, -0.05) is 26.1 Å². The molecule has 1 amide bonds. The van der Waals surface area contributed by atoms with Crippen LogP contribution in [-0.4, -0.2) is 29.4 Å². The van der Waals surface area contributed by atoms with Crippen molar-refractivity contribution >= 4 is 23.1 Å². The minimum atomic E-state index is 0.0596. The molecule has 0 radical (unpaired) electrons. The fourth-order valence-electron chi connectivity index (χ4n) is 0.863. The van der Waals surface area contributed by atoms with Gasteiger partial charge in [0, 0.05) is 13.0 Å². The number of likely N-dealkylation sites (N-methyl/N-ethyl adjacent to an activating group) is 1. The molecule has 1 unspecified atom stereocenters. The van der Waals surface area contributed by atoms with Crippen LogP contribution in [0.2, 0.25) is 0 Å². The largest absolute Gasteiger partial charge is 0.392 e. The monoisotopic (exact) mass is 188 g/mol. The molecule has 0 aliphatic heterocycles. The van der Waals surface area contributed by atoms with Gasteiger partial charge in [-0.25, -0.2) is 0 Å². The second-order valence-corrected chi connectivity index (χ2v) is 3.49. The molecule has 0 heterocycles. The van der Waals surface area contributed by atoms with E-state index in [-0.39, 0.29) is 11.8 Å². The zero-order valence-electron chi connectivity index (χ0n) is 7.83. The Labute approximate surface area is 78.9 Å². The van der Waals surface area contributed by atoms with Crippen LogP contribution < -0.4 is 5.73 Å². The summed E-state index contributed by atoms with van der Waals surface area (Å²) in [5.74, 6) is 0.162. The molecule has 0 saturated carbocycles. The summed E-state index contributed by atoms with van der Waals surface area (Å²) in [5, 5.41) is 0. The van der Waals surface area contributed by atoms with Gasteiger partial charge in [0.1, 0.15) is 0 Å². The quantitative estimate of drug-likeness (QED) is 0.663. The molecular formula is C8H16N2OS. The van der Waals surface area contributed by atoms with E-state index >= 15 is 0 Å². The van der Waals surface area contributed by atoms with E-state index in [4.69, 9.17) is 18.0 Å². The summed E-state index contributed by atoms with van der Waals surface area (Å²) in [5.41, 5.74) is 5.31. The number of carbonyl (C=O) groups excluding carboxylic acids is 1. The number of hydrogen-bond donors (Lipinski definition) is 1. The molecule has 70 valence electrons. The van der Waals surface area contributed by atoms with Crippen LogP contribution in [-0.2, 0) is 4.79 Å². The standard InChI is InChI=1S/C8H16N2OS/c1-4-6(2)8(11)10(3)5-7(9)12/h6H,4-5H2,1-3H3,(H2,9,12). The molecule has 0 aliphatic rings. The first-order valence-corrected chi connectivity index (χ1v) is 4.43. The first kappa shape index (κ1) is 11.4. The van der Waals surface area contributed by atoms with E-state index in [0.29, 0.717) is 11.5 Å². The lowest BCUT2D eigenvalue weighted by atomic mass is 10.1. The Bertz CT molecular complexity index is 182. The Morgan fingerprint density at radius 1 is 1.67 bits per heavy atom. The maximum absolute atomic E-state index is 11.4. The van der Waals surface area contributed by atoms with Gasteiger partial charge >= 0.3 is 0 Å².